The molecule has 2 N–H and O–H groups in total. The van der Waals surface area contributed by atoms with Gasteiger partial charge in [-0.2, -0.15) is 0 Å². The fourth-order valence-corrected chi connectivity index (χ4v) is 3.50. The van der Waals surface area contributed by atoms with Crippen molar-refractivity contribution in [1.29, 1.82) is 0 Å². The second-order valence-electron chi connectivity index (χ2n) is 7.24. The number of rotatable bonds is 7. The minimum atomic E-state index is -0.812. The minimum absolute atomic E-state index is 0.00366. The van der Waals surface area contributed by atoms with E-state index in [1.54, 1.807) is 49.4 Å². The molecule has 0 bridgehead atoms. The lowest BCUT2D eigenvalue weighted by atomic mass is 9.95. The summed E-state index contributed by atoms with van der Waals surface area (Å²) in [5.74, 6) is -0.772. The highest BCUT2D eigenvalue weighted by atomic mass is 16.5. The highest BCUT2D eigenvalue weighted by Crippen LogP contribution is 2.29. The SMILES string of the molecule is CCOC(=O)C1=C(COC(=O)c2cnc3ccccc3n2)NC(=O)N[C@H]1c1ccc(OC)cc1. The Morgan fingerprint density at radius 1 is 1.00 bits per heavy atom. The van der Waals surface area contributed by atoms with Gasteiger partial charge in [0.25, 0.3) is 0 Å². The summed E-state index contributed by atoms with van der Waals surface area (Å²) in [6.45, 7) is 1.43. The molecule has 2 amide bonds. The summed E-state index contributed by atoms with van der Waals surface area (Å²) >= 11 is 0. The topological polar surface area (TPSA) is 129 Å². The number of hydrogen-bond donors (Lipinski definition) is 2. The van der Waals surface area contributed by atoms with Crippen LogP contribution in [0.3, 0.4) is 0 Å². The monoisotopic (exact) mass is 462 g/mol. The molecule has 3 aromatic rings. The third-order valence-electron chi connectivity index (χ3n) is 5.10. The maximum Gasteiger partial charge on any atom is 0.358 e. The molecule has 4 rings (SSSR count). The summed E-state index contributed by atoms with van der Waals surface area (Å²) in [6.07, 6.45) is 1.31. The molecule has 1 aliphatic heterocycles. The average Bonchev–Trinajstić information content (AvgIpc) is 2.86. The number of para-hydroxylation sites is 2. The Bertz CT molecular complexity index is 1270. The Morgan fingerprint density at radius 3 is 2.44 bits per heavy atom. The summed E-state index contributed by atoms with van der Waals surface area (Å²) in [5, 5.41) is 5.27. The second-order valence-corrected chi connectivity index (χ2v) is 7.24. The van der Waals surface area contributed by atoms with E-state index >= 15 is 0 Å². The van der Waals surface area contributed by atoms with Crippen LogP contribution in [-0.4, -0.2) is 48.3 Å². The van der Waals surface area contributed by atoms with Gasteiger partial charge in [0, 0.05) is 0 Å². The number of hydrogen-bond acceptors (Lipinski definition) is 8. The second kappa shape index (κ2) is 9.99. The molecule has 2 aromatic carbocycles. The van der Waals surface area contributed by atoms with Gasteiger partial charge in [0.1, 0.15) is 12.4 Å². The molecule has 0 aliphatic carbocycles. The first-order valence-corrected chi connectivity index (χ1v) is 10.5. The van der Waals surface area contributed by atoms with Crippen LogP contribution in [0.2, 0.25) is 0 Å². The number of carbonyl (C=O) groups is 3. The smallest absolute Gasteiger partial charge is 0.358 e. The van der Waals surface area contributed by atoms with Crippen LogP contribution in [0.25, 0.3) is 11.0 Å². The molecular formula is C24H22N4O6. The third-order valence-corrected chi connectivity index (χ3v) is 5.10. The molecule has 0 fully saturated rings. The average molecular weight is 462 g/mol. The van der Waals surface area contributed by atoms with E-state index in [0.29, 0.717) is 22.3 Å². The maximum absolute atomic E-state index is 12.8. The zero-order valence-corrected chi connectivity index (χ0v) is 18.5. The molecule has 1 aromatic heterocycles. The molecule has 1 aliphatic rings. The Hall–Kier alpha value is -4.47. The first-order chi connectivity index (χ1) is 16.5. The van der Waals surface area contributed by atoms with E-state index < -0.39 is 24.0 Å². The van der Waals surface area contributed by atoms with Crippen molar-refractivity contribution in [2.75, 3.05) is 20.3 Å². The van der Waals surface area contributed by atoms with Crippen molar-refractivity contribution in [3.8, 4) is 5.75 Å². The molecule has 2 heterocycles. The quantitative estimate of drug-likeness (QED) is 0.513. The van der Waals surface area contributed by atoms with E-state index in [9.17, 15) is 14.4 Å². The molecule has 1 atom stereocenters. The van der Waals surface area contributed by atoms with Crippen LogP contribution in [0.5, 0.6) is 5.75 Å². The van der Waals surface area contributed by atoms with Crippen LogP contribution in [0.4, 0.5) is 4.79 Å². The Kier molecular flexibility index (Phi) is 6.67. The van der Waals surface area contributed by atoms with Crippen molar-refractivity contribution in [3.63, 3.8) is 0 Å². The largest absolute Gasteiger partial charge is 0.497 e. The lowest BCUT2D eigenvalue weighted by Crippen LogP contribution is -2.47. The molecule has 10 nitrogen and oxygen atoms in total. The summed E-state index contributed by atoms with van der Waals surface area (Å²) < 4.78 is 15.8. The zero-order valence-electron chi connectivity index (χ0n) is 18.5. The van der Waals surface area contributed by atoms with Crippen LogP contribution in [0, 0.1) is 0 Å². The van der Waals surface area contributed by atoms with E-state index in [4.69, 9.17) is 14.2 Å². The number of nitrogens with one attached hydrogen (secondary N) is 2. The van der Waals surface area contributed by atoms with Gasteiger partial charge < -0.3 is 24.8 Å². The zero-order chi connectivity index (χ0) is 24.1. The lowest BCUT2D eigenvalue weighted by molar-refractivity contribution is -0.139. The molecule has 34 heavy (non-hydrogen) atoms. The minimum Gasteiger partial charge on any atom is -0.497 e. The maximum atomic E-state index is 12.8. The van der Waals surface area contributed by atoms with Crippen molar-refractivity contribution < 1.29 is 28.6 Å². The van der Waals surface area contributed by atoms with Crippen LogP contribution < -0.4 is 15.4 Å². The number of aromatic nitrogens is 2. The Balaban J connectivity index is 1.62. The number of esters is 2. The Labute approximate surface area is 194 Å². The number of carbonyl (C=O) groups excluding carboxylic acids is 3. The van der Waals surface area contributed by atoms with E-state index in [2.05, 4.69) is 20.6 Å². The number of methoxy groups -OCH3 is 1. The van der Waals surface area contributed by atoms with Gasteiger partial charge in [-0.25, -0.2) is 19.4 Å². The van der Waals surface area contributed by atoms with Gasteiger partial charge in [-0.05, 0) is 36.8 Å². The van der Waals surface area contributed by atoms with E-state index in [1.165, 1.54) is 13.3 Å². The lowest BCUT2D eigenvalue weighted by Gasteiger charge is -2.29. The molecule has 0 spiro atoms. The first kappa shape index (κ1) is 22.7. The van der Waals surface area contributed by atoms with Crippen molar-refractivity contribution in [3.05, 3.63) is 77.3 Å². The first-order valence-electron chi connectivity index (χ1n) is 10.5. The highest BCUT2D eigenvalue weighted by Gasteiger charge is 2.34. The van der Waals surface area contributed by atoms with Crippen molar-refractivity contribution in [2.24, 2.45) is 0 Å². The number of nitrogens with zero attached hydrogens (tertiary/aromatic N) is 2. The molecule has 10 heteroatoms. The van der Waals surface area contributed by atoms with E-state index in [0.717, 1.165) is 0 Å². The normalized spacial score (nSPS) is 15.4. The number of amides is 2. The van der Waals surface area contributed by atoms with Gasteiger partial charge in [0.2, 0.25) is 0 Å². The van der Waals surface area contributed by atoms with E-state index in [-0.39, 0.29) is 30.2 Å². The van der Waals surface area contributed by atoms with Gasteiger partial charge in [0.05, 0.1) is 48.3 Å². The van der Waals surface area contributed by atoms with Gasteiger partial charge in [-0.1, -0.05) is 24.3 Å². The third kappa shape index (κ3) is 4.80. The molecule has 0 saturated carbocycles. The van der Waals surface area contributed by atoms with Crippen LogP contribution in [0.1, 0.15) is 29.0 Å². The van der Waals surface area contributed by atoms with Crippen LogP contribution >= 0.6 is 0 Å². The molecular weight excluding hydrogens is 440 g/mol. The predicted molar refractivity (Wildman–Crippen MR) is 121 cm³/mol. The molecule has 174 valence electrons. The predicted octanol–water partition coefficient (Wildman–Crippen LogP) is 2.67. The van der Waals surface area contributed by atoms with Gasteiger partial charge >= 0.3 is 18.0 Å². The summed E-state index contributed by atoms with van der Waals surface area (Å²) in [7, 11) is 1.54. The number of ether oxygens (including phenoxy) is 3. The van der Waals surface area contributed by atoms with Crippen LogP contribution in [-0.2, 0) is 14.3 Å². The molecule has 0 unspecified atom stereocenters. The van der Waals surface area contributed by atoms with Crippen molar-refractivity contribution in [1.82, 2.24) is 20.6 Å². The van der Waals surface area contributed by atoms with Gasteiger partial charge in [-0.3, -0.25) is 4.98 Å². The summed E-state index contributed by atoms with van der Waals surface area (Å²) in [4.78, 5) is 46.3. The highest BCUT2D eigenvalue weighted by molar-refractivity contribution is 5.95. The summed E-state index contributed by atoms with van der Waals surface area (Å²) in [5.41, 5.74) is 2.05. The van der Waals surface area contributed by atoms with Crippen molar-refractivity contribution in [2.45, 2.75) is 13.0 Å². The molecule has 0 saturated heterocycles. The standard InChI is InChI=1S/C24H22N4O6/c1-3-33-23(30)20-19(27-24(31)28-21(20)14-8-10-15(32-2)11-9-14)13-34-22(29)18-12-25-16-6-4-5-7-17(16)26-18/h4-12,21H,3,13H2,1-2H3,(H2,27,28,31)/t21-/m0/s1. The number of benzene rings is 2. The van der Waals surface area contributed by atoms with Gasteiger partial charge in [0.15, 0.2) is 5.69 Å². The van der Waals surface area contributed by atoms with Gasteiger partial charge in [-0.15, -0.1) is 0 Å². The van der Waals surface area contributed by atoms with Crippen LogP contribution in [0.15, 0.2) is 66.0 Å². The Morgan fingerprint density at radius 2 is 1.74 bits per heavy atom. The fraction of sp³-hybridized carbons (Fsp3) is 0.208. The fourth-order valence-electron chi connectivity index (χ4n) is 3.50. The molecule has 0 radical (unpaired) electrons. The summed E-state index contributed by atoms with van der Waals surface area (Å²) in [6, 6.07) is 12.6. The van der Waals surface area contributed by atoms with Crippen molar-refractivity contribution >= 4 is 29.0 Å². The number of fused-ring (bicyclic) bond motifs is 1. The number of urea groups is 1. The van der Waals surface area contributed by atoms with E-state index in [1.807, 2.05) is 6.07 Å².